The van der Waals surface area contributed by atoms with Crippen LogP contribution in [0.15, 0.2) is 24.0 Å². The molecule has 1 aromatic rings. The predicted molar refractivity (Wildman–Crippen MR) is 127 cm³/mol. The lowest BCUT2D eigenvalue weighted by Crippen LogP contribution is -2.67. The van der Waals surface area contributed by atoms with Crippen LogP contribution in [0.3, 0.4) is 0 Å². The highest BCUT2D eigenvalue weighted by molar-refractivity contribution is 5.86. The van der Waals surface area contributed by atoms with Crippen molar-refractivity contribution < 1.29 is 53.1 Å². The molecule has 4 aliphatic rings. The maximum Gasteiger partial charge on any atom is 0.352 e. The molecule has 11 nitrogen and oxygen atoms in total. The van der Waals surface area contributed by atoms with E-state index in [9.17, 15) is 24.3 Å². The van der Waals surface area contributed by atoms with E-state index in [0.717, 1.165) is 37.3 Å². The average molecular weight is 531 g/mol. The summed E-state index contributed by atoms with van der Waals surface area (Å²) >= 11 is 0. The molecule has 5 rings (SSSR count). The van der Waals surface area contributed by atoms with E-state index in [0.29, 0.717) is 17.9 Å². The molecule has 1 heterocycles. The highest BCUT2D eigenvalue weighted by Crippen LogP contribution is 2.67. The zero-order valence-corrected chi connectivity index (χ0v) is 21.4. The number of carbonyl (C=O) groups excluding carboxylic acids is 3. The lowest BCUT2D eigenvalue weighted by Gasteiger charge is -2.59. The Morgan fingerprint density at radius 3 is 2.63 bits per heavy atom. The van der Waals surface area contributed by atoms with Crippen LogP contribution in [0.25, 0.3) is 0 Å². The second-order valence-electron chi connectivity index (χ2n) is 10.3. The van der Waals surface area contributed by atoms with E-state index in [1.807, 2.05) is 12.1 Å². The van der Waals surface area contributed by atoms with Gasteiger partial charge in [0.2, 0.25) is 6.10 Å². The molecule has 1 aliphatic heterocycles. The van der Waals surface area contributed by atoms with E-state index < -0.39 is 59.6 Å². The van der Waals surface area contributed by atoms with E-state index in [2.05, 4.69) is 0 Å². The molecule has 38 heavy (non-hydrogen) atoms. The van der Waals surface area contributed by atoms with Gasteiger partial charge in [0, 0.05) is 12.5 Å². The molecular formula is C27H30O11. The van der Waals surface area contributed by atoms with E-state index in [-0.39, 0.29) is 18.1 Å². The van der Waals surface area contributed by atoms with Crippen LogP contribution < -0.4 is 9.47 Å². The number of aliphatic carboxylic acids is 1. The fraction of sp³-hybridized carbons (Fsp3) is 0.556. The summed E-state index contributed by atoms with van der Waals surface area (Å²) < 4.78 is 27.5. The van der Waals surface area contributed by atoms with Crippen molar-refractivity contribution >= 4 is 23.9 Å². The Morgan fingerprint density at radius 1 is 1.18 bits per heavy atom. The standard InChI is InChI=1S/C27H30O11/c1-13(35-25(32)19(12-20(29)30)36-14(2)28)24(31)37-18-8-10-27(33)16-5-4-9-26(27)21-15(11-16)6-7-17(34-3)22(21)38-23(18)26/h6-8,13,16,19,23,33H,4-5,9-12H2,1-3H3,(H,29,30)/t13-,16+,19-,23-,26-,27+/m0/s1. The first-order valence-corrected chi connectivity index (χ1v) is 12.6. The Bertz CT molecular complexity index is 1220. The summed E-state index contributed by atoms with van der Waals surface area (Å²) in [6, 6.07) is 3.85. The summed E-state index contributed by atoms with van der Waals surface area (Å²) in [4.78, 5) is 47.8. The van der Waals surface area contributed by atoms with Crippen molar-refractivity contribution in [3.05, 3.63) is 35.1 Å². The molecule has 3 aliphatic carbocycles. The quantitative estimate of drug-likeness (QED) is 0.374. The van der Waals surface area contributed by atoms with Crippen LogP contribution >= 0.6 is 0 Å². The first-order chi connectivity index (χ1) is 18.0. The minimum absolute atomic E-state index is 0.0232. The van der Waals surface area contributed by atoms with E-state index in [1.165, 1.54) is 6.92 Å². The van der Waals surface area contributed by atoms with Gasteiger partial charge >= 0.3 is 23.9 Å². The number of aliphatic hydroxyl groups is 1. The summed E-state index contributed by atoms with van der Waals surface area (Å²) in [6.07, 6.45) is 0.276. The summed E-state index contributed by atoms with van der Waals surface area (Å²) in [5, 5.41) is 21.1. The first-order valence-electron chi connectivity index (χ1n) is 12.6. The predicted octanol–water partition coefficient (Wildman–Crippen LogP) is 1.95. The molecule has 0 radical (unpaired) electrons. The number of hydrogen-bond donors (Lipinski definition) is 2. The van der Waals surface area contributed by atoms with Gasteiger partial charge in [-0.15, -0.1) is 0 Å². The maximum atomic E-state index is 13.0. The Kier molecular flexibility index (Phi) is 6.37. The third-order valence-corrected chi connectivity index (χ3v) is 8.24. The molecule has 2 bridgehead atoms. The number of carboxylic acid groups (broad SMARTS) is 1. The van der Waals surface area contributed by atoms with Crippen molar-refractivity contribution in [3.63, 3.8) is 0 Å². The number of carbonyl (C=O) groups is 4. The zero-order chi connectivity index (χ0) is 27.4. The molecule has 1 fully saturated rings. The number of hydrogen-bond acceptors (Lipinski definition) is 10. The largest absolute Gasteiger partial charge is 0.493 e. The fourth-order valence-electron chi connectivity index (χ4n) is 6.71. The van der Waals surface area contributed by atoms with Crippen LogP contribution in [-0.2, 0) is 45.2 Å². The zero-order valence-electron chi connectivity index (χ0n) is 21.4. The van der Waals surface area contributed by atoms with Gasteiger partial charge in [0.25, 0.3) is 0 Å². The molecule has 2 N–H and O–H groups in total. The third kappa shape index (κ3) is 3.82. The molecule has 1 spiro atoms. The smallest absolute Gasteiger partial charge is 0.352 e. The number of benzene rings is 1. The SMILES string of the molecule is COc1ccc2c3c1O[C@H]1C(OC(=O)[C@H](C)OC(=O)[C@H](CC(=O)O)OC(C)=O)=CC[C@@]4(O)[C@H](CCC[C@]314)C2. The molecule has 0 amide bonds. The van der Waals surface area contributed by atoms with Gasteiger partial charge in [-0.2, -0.15) is 0 Å². The van der Waals surface area contributed by atoms with Crippen molar-refractivity contribution in [1.29, 1.82) is 0 Å². The lowest BCUT2D eigenvalue weighted by atomic mass is 9.47. The topological polar surface area (TPSA) is 155 Å². The third-order valence-electron chi connectivity index (χ3n) is 8.24. The van der Waals surface area contributed by atoms with Gasteiger partial charge in [-0.3, -0.25) is 9.59 Å². The number of rotatable bonds is 8. The summed E-state index contributed by atoms with van der Waals surface area (Å²) in [6.45, 7) is 2.30. The molecule has 11 heteroatoms. The van der Waals surface area contributed by atoms with Gasteiger partial charge in [-0.25, -0.2) is 9.59 Å². The van der Waals surface area contributed by atoms with Gasteiger partial charge in [0.15, 0.2) is 23.7 Å². The highest BCUT2D eigenvalue weighted by atomic mass is 16.6. The number of ether oxygens (including phenoxy) is 5. The van der Waals surface area contributed by atoms with Crippen LogP contribution in [0.4, 0.5) is 0 Å². The number of esters is 3. The minimum Gasteiger partial charge on any atom is -0.493 e. The second-order valence-corrected chi connectivity index (χ2v) is 10.3. The van der Waals surface area contributed by atoms with Crippen LogP contribution in [-0.4, -0.2) is 65.1 Å². The van der Waals surface area contributed by atoms with Crippen LogP contribution in [0, 0.1) is 5.92 Å². The van der Waals surface area contributed by atoms with Gasteiger partial charge in [-0.1, -0.05) is 12.5 Å². The number of methoxy groups -OCH3 is 1. The average Bonchev–Trinajstić information content (AvgIpc) is 3.19. The molecule has 0 saturated heterocycles. The van der Waals surface area contributed by atoms with Crippen molar-refractivity contribution in [2.45, 2.75) is 81.7 Å². The molecular weight excluding hydrogens is 500 g/mol. The van der Waals surface area contributed by atoms with Gasteiger partial charge in [-0.05, 0) is 56.2 Å². The van der Waals surface area contributed by atoms with E-state index in [1.54, 1.807) is 13.2 Å². The lowest BCUT2D eigenvalue weighted by molar-refractivity contribution is -0.180. The van der Waals surface area contributed by atoms with Crippen molar-refractivity contribution in [2.24, 2.45) is 5.92 Å². The second kappa shape index (κ2) is 9.30. The molecule has 1 saturated carbocycles. The normalized spacial score (nSPS) is 29.5. The molecule has 1 aromatic carbocycles. The van der Waals surface area contributed by atoms with Crippen molar-refractivity contribution in [1.82, 2.24) is 0 Å². The molecule has 0 unspecified atom stereocenters. The van der Waals surface area contributed by atoms with E-state index in [4.69, 9.17) is 28.8 Å². The minimum atomic E-state index is -1.71. The Hall–Kier alpha value is -3.60. The maximum absolute atomic E-state index is 13.0. The summed E-state index contributed by atoms with van der Waals surface area (Å²) in [7, 11) is 1.54. The van der Waals surface area contributed by atoms with Crippen molar-refractivity contribution in [2.75, 3.05) is 7.11 Å². The summed E-state index contributed by atoms with van der Waals surface area (Å²) in [5.41, 5.74) is 0.0872. The Labute approximate surface area is 218 Å². The van der Waals surface area contributed by atoms with Crippen LogP contribution in [0.5, 0.6) is 11.5 Å². The van der Waals surface area contributed by atoms with Crippen molar-refractivity contribution in [3.8, 4) is 11.5 Å². The number of carboxylic acids is 1. The fourth-order valence-corrected chi connectivity index (χ4v) is 6.71. The molecule has 204 valence electrons. The van der Waals surface area contributed by atoms with E-state index >= 15 is 0 Å². The van der Waals surface area contributed by atoms with Gasteiger partial charge < -0.3 is 33.9 Å². The van der Waals surface area contributed by atoms with Crippen LogP contribution in [0.2, 0.25) is 0 Å². The highest BCUT2D eigenvalue weighted by Gasteiger charge is 2.71. The monoisotopic (exact) mass is 530 g/mol. The summed E-state index contributed by atoms with van der Waals surface area (Å²) in [5.74, 6) is -3.05. The van der Waals surface area contributed by atoms with Crippen LogP contribution in [0.1, 0.15) is 57.1 Å². The van der Waals surface area contributed by atoms with Gasteiger partial charge in [0.1, 0.15) is 5.76 Å². The first kappa shape index (κ1) is 26.0. The van der Waals surface area contributed by atoms with Gasteiger partial charge in [0.05, 0.1) is 24.5 Å². The Morgan fingerprint density at radius 2 is 1.95 bits per heavy atom. The molecule has 6 atom stereocenters. The molecule has 0 aromatic heterocycles. The Balaban J connectivity index is 1.40.